The summed E-state index contributed by atoms with van der Waals surface area (Å²) in [6, 6.07) is 7.43. The minimum atomic E-state index is -0.191. The lowest BCUT2D eigenvalue weighted by Crippen LogP contribution is -2.31. The van der Waals surface area contributed by atoms with Crippen LogP contribution in [-0.2, 0) is 4.79 Å². The Balaban J connectivity index is 1.64. The van der Waals surface area contributed by atoms with Crippen molar-refractivity contribution < 1.29 is 9.59 Å². The van der Waals surface area contributed by atoms with Gasteiger partial charge in [0.05, 0.1) is 17.0 Å². The highest BCUT2D eigenvalue weighted by Gasteiger charge is 2.26. The van der Waals surface area contributed by atoms with Crippen LogP contribution in [-0.4, -0.2) is 28.6 Å². The smallest absolute Gasteiger partial charge is 0.258 e. The zero-order valence-corrected chi connectivity index (χ0v) is 15.9. The quantitative estimate of drug-likeness (QED) is 0.720. The SMILES string of the molecule is CC(C)NC(=O)CSc1ccccc1C(=O)Nc1nc(C2CC2)cs1. The largest absolute Gasteiger partial charge is 0.353 e. The first-order valence-corrected chi connectivity index (χ1v) is 10.2. The second kappa shape index (κ2) is 8.01. The summed E-state index contributed by atoms with van der Waals surface area (Å²) in [6.45, 7) is 3.85. The Morgan fingerprint density at radius 2 is 2.08 bits per heavy atom. The van der Waals surface area contributed by atoms with Crippen LogP contribution in [0.1, 0.15) is 48.7 Å². The number of rotatable bonds is 7. The summed E-state index contributed by atoms with van der Waals surface area (Å²) in [6.07, 6.45) is 2.38. The van der Waals surface area contributed by atoms with Crippen molar-refractivity contribution in [3.05, 3.63) is 40.9 Å². The molecule has 3 rings (SSSR count). The van der Waals surface area contributed by atoms with Crippen LogP contribution in [0, 0.1) is 0 Å². The molecule has 1 fully saturated rings. The van der Waals surface area contributed by atoms with Crippen molar-refractivity contribution in [3.8, 4) is 0 Å². The fourth-order valence-corrected chi connectivity index (χ4v) is 4.01. The van der Waals surface area contributed by atoms with Crippen molar-refractivity contribution in [2.24, 2.45) is 0 Å². The number of thioether (sulfide) groups is 1. The van der Waals surface area contributed by atoms with E-state index in [1.165, 1.54) is 35.9 Å². The monoisotopic (exact) mass is 375 g/mol. The summed E-state index contributed by atoms with van der Waals surface area (Å²) in [7, 11) is 0. The first kappa shape index (κ1) is 17.9. The summed E-state index contributed by atoms with van der Waals surface area (Å²) in [5.74, 6) is 0.628. The zero-order chi connectivity index (χ0) is 17.8. The molecule has 1 aliphatic rings. The van der Waals surface area contributed by atoms with E-state index in [1.807, 2.05) is 37.4 Å². The number of anilines is 1. The number of hydrogen-bond acceptors (Lipinski definition) is 5. The van der Waals surface area contributed by atoms with E-state index < -0.39 is 0 Å². The number of nitrogens with zero attached hydrogens (tertiary/aromatic N) is 1. The first-order chi connectivity index (χ1) is 12.0. The Morgan fingerprint density at radius 3 is 2.80 bits per heavy atom. The third kappa shape index (κ3) is 5.06. The Hall–Kier alpha value is -1.86. The number of aromatic nitrogens is 1. The molecule has 0 spiro atoms. The lowest BCUT2D eigenvalue weighted by molar-refractivity contribution is -0.119. The molecule has 25 heavy (non-hydrogen) atoms. The summed E-state index contributed by atoms with van der Waals surface area (Å²) >= 11 is 2.82. The highest BCUT2D eigenvalue weighted by atomic mass is 32.2. The molecule has 132 valence electrons. The van der Waals surface area contributed by atoms with Crippen LogP contribution in [0.3, 0.4) is 0 Å². The van der Waals surface area contributed by atoms with Crippen LogP contribution in [0.2, 0.25) is 0 Å². The van der Waals surface area contributed by atoms with Crippen LogP contribution in [0.5, 0.6) is 0 Å². The van der Waals surface area contributed by atoms with Gasteiger partial charge >= 0.3 is 0 Å². The van der Waals surface area contributed by atoms with Gasteiger partial charge in [-0.05, 0) is 38.8 Å². The fourth-order valence-electron chi connectivity index (χ4n) is 2.36. The highest BCUT2D eigenvalue weighted by Crippen LogP contribution is 2.41. The number of benzene rings is 1. The Kier molecular flexibility index (Phi) is 5.75. The topological polar surface area (TPSA) is 71.1 Å². The average Bonchev–Trinajstić information content (AvgIpc) is 3.32. The van der Waals surface area contributed by atoms with E-state index in [0.29, 0.717) is 16.6 Å². The molecule has 1 aliphatic carbocycles. The van der Waals surface area contributed by atoms with Gasteiger partial charge in [-0.1, -0.05) is 12.1 Å². The molecule has 5 nitrogen and oxygen atoms in total. The van der Waals surface area contributed by atoms with E-state index in [2.05, 4.69) is 15.6 Å². The van der Waals surface area contributed by atoms with Crippen molar-refractivity contribution >= 4 is 40.0 Å². The summed E-state index contributed by atoms with van der Waals surface area (Å²) < 4.78 is 0. The van der Waals surface area contributed by atoms with E-state index >= 15 is 0 Å². The molecule has 0 saturated heterocycles. The number of amides is 2. The van der Waals surface area contributed by atoms with E-state index in [4.69, 9.17) is 0 Å². The molecule has 1 aromatic heterocycles. The molecular weight excluding hydrogens is 354 g/mol. The maximum atomic E-state index is 12.6. The van der Waals surface area contributed by atoms with Gasteiger partial charge in [0.15, 0.2) is 5.13 Å². The molecular formula is C18H21N3O2S2. The van der Waals surface area contributed by atoms with Gasteiger partial charge in [-0.15, -0.1) is 23.1 Å². The first-order valence-electron chi connectivity index (χ1n) is 8.31. The number of carbonyl (C=O) groups excluding carboxylic acids is 2. The molecule has 7 heteroatoms. The van der Waals surface area contributed by atoms with E-state index in [1.54, 1.807) is 6.07 Å². The van der Waals surface area contributed by atoms with Gasteiger partial charge in [-0.3, -0.25) is 14.9 Å². The maximum Gasteiger partial charge on any atom is 0.258 e. The molecule has 2 amide bonds. The lowest BCUT2D eigenvalue weighted by Gasteiger charge is -2.10. The summed E-state index contributed by atoms with van der Waals surface area (Å²) in [5, 5.41) is 8.38. The van der Waals surface area contributed by atoms with Gasteiger partial charge in [-0.2, -0.15) is 0 Å². The maximum absolute atomic E-state index is 12.6. The molecule has 1 saturated carbocycles. The Labute approximate surface area is 155 Å². The second-order valence-corrected chi connectivity index (χ2v) is 8.19. The van der Waals surface area contributed by atoms with Gasteiger partial charge in [0.25, 0.3) is 5.91 Å². The molecule has 1 heterocycles. The van der Waals surface area contributed by atoms with Crippen molar-refractivity contribution in [1.29, 1.82) is 0 Å². The van der Waals surface area contributed by atoms with Gasteiger partial charge in [0.2, 0.25) is 5.91 Å². The van der Waals surface area contributed by atoms with Crippen molar-refractivity contribution in [3.63, 3.8) is 0 Å². The van der Waals surface area contributed by atoms with Crippen molar-refractivity contribution in [1.82, 2.24) is 10.3 Å². The lowest BCUT2D eigenvalue weighted by atomic mass is 10.2. The zero-order valence-electron chi connectivity index (χ0n) is 14.2. The predicted molar refractivity (Wildman–Crippen MR) is 102 cm³/mol. The van der Waals surface area contributed by atoms with Gasteiger partial charge in [-0.25, -0.2) is 4.98 Å². The summed E-state index contributed by atoms with van der Waals surface area (Å²) in [4.78, 5) is 29.7. The third-order valence-corrected chi connectivity index (χ3v) is 5.53. The van der Waals surface area contributed by atoms with Crippen LogP contribution in [0.4, 0.5) is 5.13 Å². The Bertz CT molecular complexity index is 769. The molecule has 0 radical (unpaired) electrons. The van der Waals surface area contributed by atoms with Gasteiger partial charge in [0.1, 0.15) is 0 Å². The molecule has 2 aromatic rings. The van der Waals surface area contributed by atoms with E-state index in [9.17, 15) is 9.59 Å². The van der Waals surface area contributed by atoms with Crippen LogP contribution in [0.15, 0.2) is 34.5 Å². The fraction of sp³-hybridized carbons (Fsp3) is 0.389. The molecule has 0 atom stereocenters. The van der Waals surface area contributed by atoms with Crippen LogP contribution in [0.25, 0.3) is 0 Å². The number of carbonyl (C=O) groups is 2. The van der Waals surface area contributed by atoms with Crippen LogP contribution >= 0.6 is 23.1 Å². The number of nitrogens with one attached hydrogen (secondary N) is 2. The van der Waals surface area contributed by atoms with Crippen molar-refractivity contribution in [2.45, 2.75) is 43.5 Å². The average molecular weight is 376 g/mol. The predicted octanol–water partition coefficient (Wildman–Crippen LogP) is 3.89. The standard InChI is InChI=1S/C18H21N3O2S2/c1-11(2)19-16(22)10-24-15-6-4-3-5-13(15)17(23)21-18-20-14(9-25-18)12-7-8-12/h3-6,9,11-12H,7-8,10H2,1-2H3,(H,19,22)(H,20,21,23). The van der Waals surface area contributed by atoms with E-state index in [-0.39, 0.29) is 23.6 Å². The molecule has 0 bridgehead atoms. The number of thiazole rings is 1. The number of hydrogen-bond donors (Lipinski definition) is 2. The van der Waals surface area contributed by atoms with Crippen LogP contribution < -0.4 is 10.6 Å². The summed E-state index contributed by atoms with van der Waals surface area (Å²) in [5.41, 5.74) is 1.64. The molecule has 0 aliphatic heterocycles. The molecule has 0 unspecified atom stereocenters. The second-order valence-electron chi connectivity index (χ2n) is 6.31. The van der Waals surface area contributed by atoms with Crippen molar-refractivity contribution in [2.75, 3.05) is 11.1 Å². The van der Waals surface area contributed by atoms with Gasteiger partial charge in [0, 0.05) is 22.2 Å². The van der Waals surface area contributed by atoms with E-state index in [0.717, 1.165) is 10.6 Å². The minimum Gasteiger partial charge on any atom is -0.353 e. The normalized spacial score (nSPS) is 13.7. The minimum absolute atomic E-state index is 0.0378. The Morgan fingerprint density at radius 1 is 1.32 bits per heavy atom. The molecule has 1 aromatic carbocycles. The molecule has 2 N–H and O–H groups in total. The van der Waals surface area contributed by atoms with Gasteiger partial charge < -0.3 is 5.32 Å². The third-order valence-electron chi connectivity index (χ3n) is 3.68. The highest BCUT2D eigenvalue weighted by molar-refractivity contribution is 8.00.